The van der Waals surface area contributed by atoms with E-state index in [0.29, 0.717) is 13.0 Å². The van der Waals surface area contributed by atoms with E-state index in [-0.39, 0.29) is 25.6 Å². The van der Waals surface area contributed by atoms with Gasteiger partial charge in [0, 0.05) is 13.0 Å². The second-order valence-corrected chi connectivity index (χ2v) is 19.4. The van der Waals surface area contributed by atoms with E-state index < -0.39 is 80.7 Å². The van der Waals surface area contributed by atoms with Crippen molar-refractivity contribution in [1.82, 2.24) is 0 Å². The first-order valence-corrected chi connectivity index (χ1v) is 27.7. The number of ether oxygens (including phenoxy) is 6. The molecule has 70 heavy (non-hydrogen) atoms. The molecule has 2 rings (SSSR count). The maximum atomic E-state index is 13.0. The number of hydrogen-bond acceptors (Lipinski definition) is 14. The first-order chi connectivity index (χ1) is 34.1. The Balaban J connectivity index is 1.66. The number of allylic oxidation sites excluding steroid dienone is 8. The highest BCUT2D eigenvalue weighted by molar-refractivity contribution is 5.69. The van der Waals surface area contributed by atoms with E-state index in [2.05, 4.69) is 62.5 Å². The summed E-state index contributed by atoms with van der Waals surface area (Å²) in [5, 5.41) is 72.1. The van der Waals surface area contributed by atoms with Crippen molar-refractivity contribution in [2.75, 3.05) is 33.0 Å². The molecule has 2 aliphatic rings. The van der Waals surface area contributed by atoms with Gasteiger partial charge in [-0.05, 0) is 51.4 Å². The zero-order chi connectivity index (χ0) is 50.9. The van der Waals surface area contributed by atoms with Gasteiger partial charge in [0.2, 0.25) is 0 Å². The second-order valence-electron chi connectivity index (χ2n) is 19.4. The van der Waals surface area contributed by atoms with Gasteiger partial charge in [-0.1, -0.05) is 191 Å². The monoisotopic (exact) mass is 997 g/mol. The summed E-state index contributed by atoms with van der Waals surface area (Å²) >= 11 is 0. The number of aliphatic hydroxyl groups excluding tert-OH is 7. The van der Waals surface area contributed by atoms with Gasteiger partial charge >= 0.3 is 5.97 Å². The predicted molar refractivity (Wildman–Crippen MR) is 275 cm³/mol. The van der Waals surface area contributed by atoms with Gasteiger partial charge in [-0.25, -0.2) is 0 Å². The molecule has 0 amide bonds. The Morgan fingerprint density at radius 3 is 1.46 bits per heavy atom. The molecule has 11 atom stereocenters. The number of carbonyl (C=O) groups excluding carboxylic acids is 1. The lowest BCUT2D eigenvalue weighted by atomic mass is 9.98. The Morgan fingerprint density at radius 1 is 0.486 bits per heavy atom. The van der Waals surface area contributed by atoms with Gasteiger partial charge in [-0.2, -0.15) is 0 Å². The van der Waals surface area contributed by atoms with Crippen LogP contribution in [-0.2, 0) is 33.2 Å². The molecule has 7 N–H and O–H groups in total. The summed E-state index contributed by atoms with van der Waals surface area (Å²) in [6, 6.07) is 0. The second kappa shape index (κ2) is 43.4. The largest absolute Gasteiger partial charge is 0.457 e. The molecule has 0 saturated carbocycles. The lowest BCUT2D eigenvalue weighted by Crippen LogP contribution is -2.61. The number of aliphatic hydroxyl groups is 7. The van der Waals surface area contributed by atoms with Crippen LogP contribution < -0.4 is 0 Å². The minimum atomic E-state index is -1.70. The summed E-state index contributed by atoms with van der Waals surface area (Å²) in [6.07, 6.45) is 34.8. The van der Waals surface area contributed by atoms with Crippen molar-refractivity contribution < 1.29 is 69.0 Å². The third-order valence-electron chi connectivity index (χ3n) is 13.1. The van der Waals surface area contributed by atoms with Crippen LogP contribution in [0, 0.1) is 0 Å². The SMILES string of the molecule is CC/C=C\C/C=C\C/C=C\C/C=C\CCCCCCCCCCCCCCCOCC(COC1OC(COC2OC(CO)C(O)C(O)C2O)C(O)C(O)C1O)OC(=O)CCCCCCCCCCCC. The standard InChI is InChI=1S/C56H100O14/c1-3-5-7-9-11-13-15-16-17-18-19-20-21-22-23-24-25-26-27-28-29-30-32-34-36-38-40-65-42-45(68-48(58)39-37-35-33-31-14-12-10-8-6-4-2)43-66-55-54(64)52(62)50(60)47(70-55)44-67-56-53(63)51(61)49(59)46(41-57)69-56/h5,7,11,13,16-17,19-20,45-47,49-57,59-64H,3-4,6,8-10,12,14-15,18,21-44H2,1-2H3/b7-5-,13-11-,17-16-,20-19-. The zero-order valence-corrected chi connectivity index (χ0v) is 43.5. The molecule has 2 aliphatic heterocycles. The molecule has 0 radical (unpaired) electrons. The average molecular weight is 997 g/mol. The molecule has 14 heteroatoms. The van der Waals surface area contributed by atoms with Crippen molar-refractivity contribution in [2.24, 2.45) is 0 Å². The molecular weight excluding hydrogens is 897 g/mol. The number of unbranched alkanes of at least 4 members (excludes halogenated alkanes) is 22. The molecule has 408 valence electrons. The van der Waals surface area contributed by atoms with E-state index in [9.17, 15) is 40.5 Å². The van der Waals surface area contributed by atoms with Crippen LogP contribution in [0.2, 0.25) is 0 Å². The quantitative estimate of drug-likeness (QED) is 0.0172. The van der Waals surface area contributed by atoms with Crippen molar-refractivity contribution in [2.45, 2.75) is 268 Å². The van der Waals surface area contributed by atoms with Crippen LogP contribution in [0.3, 0.4) is 0 Å². The van der Waals surface area contributed by atoms with E-state index in [0.717, 1.165) is 64.2 Å². The van der Waals surface area contributed by atoms with E-state index in [1.165, 1.54) is 109 Å². The minimum Gasteiger partial charge on any atom is -0.457 e. The molecule has 0 aromatic carbocycles. The highest BCUT2D eigenvalue weighted by atomic mass is 16.7. The van der Waals surface area contributed by atoms with Gasteiger partial charge in [0.15, 0.2) is 12.6 Å². The van der Waals surface area contributed by atoms with Crippen molar-refractivity contribution in [3.63, 3.8) is 0 Å². The first-order valence-electron chi connectivity index (χ1n) is 27.7. The lowest BCUT2D eigenvalue weighted by Gasteiger charge is -2.42. The van der Waals surface area contributed by atoms with Gasteiger partial charge in [0.05, 0.1) is 26.4 Å². The van der Waals surface area contributed by atoms with Crippen LogP contribution in [0.25, 0.3) is 0 Å². The normalized spacial score (nSPS) is 25.8. The van der Waals surface area contributed by atoms with E-state index in [1.54, 1.807) is 0 Å². The fraction of sp³-hybridized carbons (Fsp3) is 0.839. The third kappa shape index (κ3) is 30.2. The van der Waals surface area contributed by atoms with Gasteiger partial charge < -0.3 is 64.2 Å². The molecule has 11 unspecified atom stereocenters. The molecule has 2 fully saturated rings. The number of hydrogen-bond donors (Lipinski definition) is 7. The molecule has 0 bridgehead atoms. The fourth-order valence-corrected chi connectivity index (χ4v) is 8.63. The minimum absolute atomic E-state index is 0.0622. The molecule has 2 saturated heterocycles. The predicted octanol–water partition coefficient (Wildman–Crippen LogP) is 9.13. The van der Waals surface area contributed by atoms with Crippen LogP contribution in [-0.4, -0.2) is 142 Å². The van der Waals surface area contributed by atoms with E-state index >= 15 is 0 Å². The summed E-state index contributed by atoms with van der Waals surface area (Å²) < 4.78 is 34.3. The molecule has 0 aromatic rings. The summed E-state index contributed by atoms with van der Waals surface area (Å²) in [6.45, 7) is 3.57. The van der Waals surface area contributed by atoms with E-state index in [1.807, 2.05) is 0 Å². The summed E-state index contributed by atoms with van der Waals surface area (Å²) in [4.78, 5) is 13.0. The highest BCUT2D eigenvalue weighted by Gasteiger charge is 2.47. The maximum Gasteiger partial charge on any atom is 0.306 e. The molecule has 14 nitrogen and oxygen atoms in total. The molecule has 0 aliphatic carbocycles. The number of esters is 1. The van der Waals surface area contributed by atoms with Gasteiger partial charge in [0.25, 0.3) is 0 Å². The zero-order valence-electron chi connectivity index (χ0n) is 43.5. The fourth-order valence-electron chi connectivity index (χ4n) is 8.63. The Labute approximate surface area is 422 Å². The average Bonchev–Trinajstić information content (AvgIpc) is 3.36. The number of carbonyl (C=O) groups is 1. The van der Waals surface area contributed by atoms with Crippen LogP contribution in [0.15, 0.2) is 48.6 Å². The van der Waals surface area contributed by atoms with Crippen molar-refractivity contribution >= 4 is 5.97 Å². The Hall–Kier alpha value is -2.05. The van der Waals surface area contributed by atoms with Gasteiger partial charge in [0.1, 0.15) is 54.9 Å². The summed E-state index contributed by atoms with van der Waals surface area (Å²) in [5.41, 5.74) is 0. The number of rotatable bonds is 44. The molecular formula is C56H100O14. The smallest absolute Gasteiger partial charge is 0.306 e. The first kappa shape index (κ1) is 64.1. The summed E-state index contributed by atoms with van der Waals surface area (Å²) in [5.74, 6) is -0.378. The van der Waals surface area contributed by atoms with Crippen LogP contribution in [0.4, 0.5) is 0 Å². The van der Waals surface area contributed by atoms with Crippen molar-refractivity contribution in [3.8, 4) is 0 Å². The van der Waals surface area contributed by atoms with Gasteiger partial charge in [-0.3, -0.25) is 4.79 Å². The van der Waals surface area contributed by atoms with Gasteiger partial charge in [-0.15, -0.1) is 0 Å². The molecule has 0 spiro atoms. The Kier molecular flexibility index (Phi) is 39.7. The topological polar surface area (TPSA) is 214 Å². The molecule has 0 aromatic heterocycles. The lowest BCUT2D eigenvalue weighted by molar-refractivity contribution is -0.332. The van der Waals surface area contributed by atoms with Crippen molar-refractivity contribution in [1.29, 1.82) is 0 Å². The molecule has 2 heterocycles. The Morgan fingerprint density at radius 2 is 0.929 bits per heavy atom. The highest BCUT2D eigenvalue weighted by Crippen LogP contribution is 2.26. The maximum absolute atomic E-state index is 13.0. The van der Waals surface area contributed by atoms with Crippen LogP contribution in [0.5, 0.6) is 0 Å². The van der Waals surface area contributed by atoms with Crippen LogP contribution >= 0.6 is 0 Å². The van der Waals surface area contributed by atoms with E-state index in [4.69, 9.17) is 28.4 Å². The third-order valence-corrected chi connectivity index (χ3v) is 13.1. The van der Waals surface area contributed by atoms with Crippen molar-refractivity contribution in [3.05, 3.63) is 48.6 Å². The van der Waals surface area contributed by atoms with Crippen LogP contribution in [0.1, 0.15) is 200 Å². The Bertz CT molecular complexity index is 1340. The summed E-state index contributed by atoms with van der Waals surface area (Å²) in [7, 11) is 0.